The van der Waals surface area contributed by atoms with Crippen LogP contribution in [0.25, 0.3) is 0 Å². The largest absolute Gasteiger partial charge is 0.378 e. The van der Waals surface area contributed by atoms with Crippen LogP contribution in [0.3, 0.4) is 0 Å². The van der Waals surface area contributed by atoms with E-state index in [0.717, 1.165) is 24.7 Å². The molecule has 1 saturated heterocycles. The Kier molecular flexibility index (Phi) is 3.59. The van der Waals surface area contributed by atoms with Crippen LogP contribution >= 0.6 is 12.2 Å². The molecule has 2 aliphatic rings. The van der Waals surface area contributed by atoms with E-state index >= 15 is 0 Å². The Morgan fingerprint density at radius 2 is 2.21 bits per heavy atom. The average Bonchev–Trinajstić information content (AvgIpc) is 2.82. The van der Waals surface area contributed by atoms with Crippen LogP contribution < -0.4 is 10.6 Å². The fraction of sp³-hybridized carbons (Fsp3) is 0.900. The van der Waals surface area contributed by atoms with E-state index in [1.54, 1.807) is 0 Å². The van der Waals surface area contributed by atoms with Gasteiger partial charge in [0.25, 0.3) is 0 Å². The van der Waals surface area contributed by atoms with E-state index in [2.05, 4.69) is 10.6 Å². The highest BCUT2D eigenvalue weighted by Gasteiger charge is 2.21. The molecule has 0 radical (unpaired) electrons. The minimum absolute atomic E-state index is 0.464. The fourth-order valence-corrected chi connectivity index (χ4v) is 1.95. The van der Waals surface area contributed by atoms with E-state index in [4.69, 9.17) is 17.0 Å². The Morgan fingerprint density at radius 1 is 1.36 bits per heavy atom. The molecule has 1 heterocycles. The molecule has 4 heteroatoms. The number of rotatable bonds is 4. The molecule has 2 N–H and O–H groups in total. The third-order valence-electron chi connectivity index (χ3n) is 2.69. The molecule has 3 nitrogen and oxygen atoms in total. The zero-order valence-corrected chi connectivity index (χ0v) is 9.24. The van der Waals surface area contributed by atoms with Gasteiger partial charge in [-0.15, -0.1) is 0 Å². The third kappa shape index (κ3) is 3.42. The van der Waals surface area contributed by atoms with Gasteiger partial charge >= 0.3 is 0 Å². The predicted molar refractivity (Wildman–Crippen MR) is 60.3 cm³/mol. The topological polar surface area (TPSA) is 33.3 Å². The van der Waals surface area contributed by atoms with Crippen molar-refractivity contribution in [3.8, 4) is 0 Å². The van der Waals surface area contributed by atoms with Gasteiger partial charge < -0.3 is 15.4 Å². The minimum atomic E-state index is 0.464. The maximum atomic E-state index is 5.52. The van der Waals surface area contributed by atoms with Crippen molar-refractivity contribution in [2.75, 3.05) is 13.2 Å². The van der Waals surface area contributed by atoms with Crippen molar-refractivity contribution in [3.63, 3.8) is 0 Å². The monoisotopic (exact) mass is 214 g/mol. The van der Waals surface area contributed by atoms with Crippen molar-refractivity contribution >= 4 is 17.3 Å². The molecule has 2 fully saturated rings. The molecule has 2 rings (SSSR count). The Hall–Kier alpha value is -0.350. The van der Waals surface area contributed by atoms with Gasteiger partial charge in [-0.25, -0.2) is 0 Å². The van der Waals surface area contributed by atoms with Crippen molar-refractivity contribution < 1.29 is 4.74 Å². The van der Waals surface area contributed by atoms with Gasteiger partial charge in [-0.3, -0.25) is 0 Å². The van der Waals surface area contributed by atoms with E-state index in [0.29, 0.717) is 12.1 Å². The van der Waals surface area contributed by atoms with Crippen molar-refractivity contribution in [1.29, 1.82) is 0 Å². The molecule has 0 aromatic rings. The van der Waals surface area contributed by atoms with Gasteiger partial charge in [0.05, 0.1) is 6.10 Å². The van der Waals surface area contributed by atoms with Crippen LogP contribution in [0.4, 0.5) is 0 Å². The Balaban J connectivity index is 1.50. The van der Waals surface area contributed by atoms with Crippen molar-refractivity contribution in [2.45, 2.75) is 44.2 Å². The standard InChI is InChI=1S/C10H18N2OS/c14-10(12-8-3-4-8)11-6-5-9-2-1-7-13-9/h8-9H,1-7H2,(H2,11,12,14). The number of nitrogens with one attached hydrogen (secondary N) is 2. The van der Waals surface area contributed by atoms with E-state index in [1.165, 1.54) is 25.7 Å². The lowest BCUT2D eigenvalue weighted by Crippen LogP contribution is -2.37. The molecule has 0 amide bonds. The summed E-state index contributed by atoms with van der Waals surface area (Å²) >= 11 is 5.15. The first-order valence-corrected chi connectivity index (χ1v) is 5.91. The highest BCUT2D eigenvalue weighted by Crippen LogP contribution is 2.18. The molecular weight excluding hydrogens is 196 g/mol. The van der Waals surface area contributed by atoms with Gasteiger partial charge in [0.15, 0.2) is 5.11 Å². The molecule has 0 aromatic heterocycles. The maximum absolute atomic E-state index is 5.52. The van der Waals surface area contributed by atoms with Gasteiger partial charge in [-0.2, -0.15) is 0 Å². The minimum Gasteiger partial charge on any atom is -0.378 e. The van der Waals surface area contributed by atoms with Gasteiger partial charge in [-0.1, -0.05) is 0 Å². The van der Waals surface area contributed by atoms with Crippen LogP contribution in [-0.4, -0.2) is 30.4 Å². The number of hydrogen-bond donors (Lipinski definition) is 2. The second-order valence-electron chi connectivity index (χ2n) is 4.10. The smallest absolute Gasteiger partial charge is 0.166 e. The van der Waals surface area contributed by atoms with Crippen LogP contribution in [0.5, 0.6) is 0 Å². The number of ether oxygens (including phenoxy) is 1. The summed E-state index contributed by atoms with van der Waals surface area (Å²) in [7, 11) is 0. The van der Waals surface area contributed by atoms with Crippen LogP contribution in [0.1, 0.15) is 32.1 Å². The average molecular weight is 214 g/mol. The zero-order chi connectivity index (χ0) is 9.80. The van der Waals surface area contributed by atoms with E-state index in [1.807, 2.05) is 0 Å². The summed E-state index contributed by atoms with van der Waals surface area (Å²) in [6.07, 6.45) is 6.51. The molecule has 0 bridgehead atoms. The first-order chi connectivity index (χ1) is 6.84. The summed E-state index contributed by atoms with van der Waals surface area (Å²) in [6.45, 7) is 1.87. The molecule has 1 aliphatic heterocycles. The quantitative estimate of drug-likeness (QED) is 0.689. The summed E-state index contributed by atoms with van der Waals surface area (Å²) in [6, 6.07) is 0.651. The van der Waals surface area contributed by atoms with Crippen LogP contribution in [-0.2, 0) is 4.74 Å². The summed E-state index contributed by atoms with van der Waals surface area (Å²) in [5.74, 6) is 0. The Morgan fingerprint density at radius 3 is 2.86 bits per heavy atom. The fourth-order valence-electron chi connectivity index (χ4n) is 1.68. The predicted octanol–water partition coefficient (Wildman–Crippen LogP) is 1.18. The molecule has 1 atom stereocenters. The lowest BCUT2D eigenvalue weighted by Gasteiger charge is -2.12. The van der Waals surface area contributed by atoms with E-state index < -0.39 is 0 Å². The second-order valence-corrected chi connectivity index (χ2v) is 4.51. The third-order valence-corrected chi connectivity index (χ3v) is 2.95. The van der Waals surface area contributed by atoms with Gasteiger partial charge in [0, 0.05) is 19.2 Å². The normalized spacial score (nSPS) is 26.1. The van der Waals surface area contributed by atoms with E-state index in [9.17, 15) is 0 Å². The van der Waals surface area contributed by atoms with Gasteiger partial charge in [-0.05, 0) is 44.3 Å². The zero-order valence-electron chi connectivity index (χ0n) is 8.42. The maximum Gasteiger partial charge on any atom is 0.166 e. The van der Waals surface area contributed by atoms with E-state index in [-0.39, 0.29) is 0 Å². The Labute approximate surface area is 90.6 Å². The van der Waals surface area contributed by atoms with Gasteiger partial charge in [0.2, 0.25) is 0 Å². The number of thiocarbonyl (C=S) groups is 1. The first-order valence-electron chi connectivity index (χ1n) is 5.50. The molecule has 14 heavy (non-hydrogen) atoms. The summed E-state index contributed by atoms with van der Waals surface area (Å²) in [4.78, 5) is 0. The molecule has 80 valence electrons. The summed E-state index contributed by atoms with van der Waals surface area (Å²) in [5.41, 5.74) is 0. The van der Waals surface area contributed by atoms with Crippen molar-refractivity contribution in [2.24, 2.45) is 0 Å². The van der Waals surface area contributed by atoms with Crippen molar-refractivity contribution in [1.82, 2.24) is 10.6 Å². The molecule has 1 saturated carbocycles. The molecule has 1 unspecified atom stereocenters. The molecule has 0 spiro atoms. The molecular formula is C10H18N2OS. The Bertz CT molecular complexity index is 200. The van der Waals surface area contributed by atoms with Crippen LogP contribution in [0.2, 0.25) is 0 Å². The molecule has 1 aliphatic carbocycles. The van der Waals surface area contributed by atoms with Crippen molar-refractivity contribution in [3.05, 3.63) is 0 Å². The van der Waals surface area contributed by atoms with Crippen LogP contribution in [0.15, 0.2) is 0 Å². The van der Waals surface area contributed by atoms with Gasteiger partial charge in [0.1, 0.15) is 0 Å². The summed E-state index contributed by atoms with van der Waals surface area (Å²) in [5, 5.41) is 7.29. The molecule has 0 aromatic carbocycles. The highest BCUT2D eigenvalue weighted by atomic mass is 32.1. The highest BCUT2D eigenvalue weighted by molar-refractivity contribution is 7.80. The number of hydrogen-bond acceptors (Lipinski definition) is 2. The first kappa shape index (κ1) is 10.2. The summed E-state index contributed by atoms with van der Waals surface area (Å²) < 4.78 is 5.52. The SMILES string of the molecule is S=C(NCCC1CCCO1)NC1CC1. The lowest BCUT2D eigenvalue weighted by molar-refractivity contribution is 0.105. The van der Waals surface area contributed by atoms with Crippen LogP contribution in [0, 0.1) is 0 Å². The second kappa shape index (κ2) is 4.94. The lowest BCUT2D eigenvalue weighted by atomic mass is 10.2.